The minimum absolute atomic E-state index is 0.0951. The van der Waals surface area contributed by atoms with E-state index in [4.69, 9.17) is 28.6 Å². The lowest BCUT2D eigenvalue weighted by Gasteiger charge is -2.10. The molecule has 1 aliphatic rings. The van der Waals surface area contributed by atoms with Crippen molar-refractivity contribution in [3.05, 3.63) is 82.2 Å². The van der Waals surface area contributed by atoms with Gasteiger partial charge in [-0.2, -0.15) is 0 Å². The summed E-state index contributed by atoms with van der Waals surface area (Å²) in [5.41, 5.74) is 1.80. The largest absolute Gasteiger partial charge is 0.489 e. The molecule has 3 nitrogen and oxygen atoms in total. The summed E-state index contributed by atoms with van der Waals surface area (Å²) in [6.45, 7) is 4.46. The molecule has 0 aromatic heterocycles. The number of thiocarbonyl (C=S) groups is 1. The second-order valence-corrected chi connectivity index (χ2v) is 7.62. The third-order valence-electron chi connectivity index (χ3n) is 3.69. The summed E-state index contributed by atoms with van der Waals surface area (Å²) in [6.07, 6.45) is 3.49. The predicted molar refractivity (Wildman–Crippen MR) is 112 cm³/mol. The Kier molecular flexibility index (Phi) is 6.14. The molecule has 1 fully saturated rings. The van der Waals surface area contributed by atoms with E-state index in [1.54, 1.807) is 6.08 Å². The van der Waals surface area contributed by atoms with E-state index in [2.05, 4.69) is 6.58 Å². The summed E-state index contributed by atoms with van der Waals surface area (Å²) in [6, 6.07) is 15.1. The highest BCUT2D eigenvalue weighted by molar-refractivity contribution is 8.26. The first-order valence-electron chi connectivity index (χ1n) is 7.91. The number of ether oxygens (including phenoxy) is 1. The molecule has 2 aromatic carbocycles. The van der Waals surface area contributed by atoms with E-state index in [0.29, 0.717) is 33.1 Å². The van der Waals surface area contributed by atoms with Gasteiger partial charge in [0.15, 0.2) is 0 Å². The Morgan fingerprint density at radius 1 is 1.23 bits per heavy atom. The van der Waals surface area contributed by atoms with Crippen molar-refractivity contribution in [2.45, 2.75) is 6.61 Å². The lowest BCUT2D eigenvalue weighted by molar-refractivity contribution is -0.121. The Morgan fingerprint density at radius 3 is 2.81 bits per heavy atom. The molecule has 26 heavy (non-hydrogen) atoms. The molecule has 1 saturated heterocycles. The summed E-state index contributed by atoms with van der Waals surface area (Å²) in [4.78, 5) is 14.5. The van der Waals surface area contributed by atoms with Gasteiger partial charge >= 0.3 is 0 Å². The van der Waals surface area contributed by atoms with Gasteiger partial charge < -0.3 is 4.74 Å². The Labute approximate surface area is 167 Å². The zero-order chi connectivity index (χ0) is 18.5. The minimum Gasteiger partial charge on any atom is -0.489 e. The van der Waals surface area contributed by atoms with Crippen LogP contribution >= 0.6 is 35.6 Å². The summed E-state index contributed by atoms with van der Waals surface area (Å²) in [5, 5.41) is 0.676. The summed E-state index contributed by atoms with van der Waals surface area (Å²) in [7, 11) is 0. The van der Waals surface area contributed by atoms with Gasteiger partial charge in [0.1, 0.15) is 16.7 Å². The van der Waals surface area contributed by atoms with Crippen LogP contribution in [0.2, 0.25) is 5.02 Å². The topological polar surface area (TPSA) is 29.5 Å². The molecule has 2 aromatic rings. The van der Waals surface area contributed by atoms with Crippen molar-refractivity contribution in [1.82, 2.24) is 4.90 Å². The molecule has 0 saturated carbocycles. The molecule has 1 aliphatic heterocycles. The molecular formula is C20H16ClNO2S2. The van der Waals surface area contributed by atoms with Gasteiger partial charge in [-0.25, -0.2) is 0 Å². The maximum absolute atomic E-state index is 12.4. The molecule has 6 heteroatoms. The SMILES string of the molecule is C=CCN1C(=O)C(=Cc2cccc(OCc3ccccc3Cl)c2)SC1=S. The highest BCUT2D eigenvalue weighted by Crippen LogP contribution is 2.32. The number of benzene rings is 2. The van der Waals surface area contributed by atoms with Crippen LogP contribution in [0.4, 0.5) is 0 Å². The van der Waals surface area contributed by atoms with Crippen LogP contribution in [-0.4, -0.2) is 21.7 Å². The Balaban J connectivity index is 1.73. The zero-order valence-electron chi connectivity index (χ0n) is 13.9. The van der Waals surface area contributed by atoms with E-state index >= 15 is 0 Å². The van der Waals surface area contributed by atoms with Crippen LogP contribution in [0.3, 0.4) is 0 Å². The van der Waals surface area contributed by atoms with Gasteiger partial charge in [0.25, 0.3) is 5.91 Å². The number of amides is 1. The minimum atomic E-state index is -0.0951. The van der Waals surface area contributed by atoms with E-state index in [9.17, 15) is 4.79 Å². The van der Waals surface area contributed by atoms with Crippen molar-refractivity contribution in [3.63, 3.8) is 0 Å². The van der Waals surface area contributed by atoms with Crippen molar-refractivity contribution in [2.75, 3.05) is 6.54 Å². The standard InChI is InChI=1S/C20H16ClNO2S2/c1-2-10-22-19(23)18(26-20(22)25)12-14-6-5-8-16(11-14)24-13-15-7-3-4-9-17(15)21/h2-9,11-12H,1,10,13H2. The average Bonchev–Trinajstić information content (AvgIpc) is 2.89. The lowest BCUT2D eigenvalue weighted by atomic mass is 10.2. The van der Waals surface area contributed by atoms with E-state index in [1.165, 1.54) is 16.7 Å². The number of hydrogen-bond donors (Lipinski definition) is 0. The maximum Gasteiger partial charge on any atom is 0.266 e. The Morgan fingerprint density at radius 2 is 2.04 bits per heavy atom. The van der Waals surface area contributed by atoms with Gasteiger partial charge in [-0.1, -0.05) is 72.0 Å². The van der Waals surface area contributed by atoms with Crippen LogP contribution in [0, 0.1) is 0 Å². The molecule has 0 aliphatic carbocycles. The fourth-order valence-electron chi connectivity index (χ4n) is 2.41. The molecule has 0 unspecified atom stereocenters. The first-order valence-corrected chi connectivity index (χ1v) is 9.51. The van der Waals surface area contributed by atoms with Crippen LogP contribution in [0.25, 0.3) is 6.08 Å². The first-order chi connectivity index (χ1) is 12.6. The molecule has 0 radical (unpaired) electrons. The van der Waals surface area contributed by atoms with Gasteiger partial charge in [0.05, 0.1) is 4.91 Å². The van der Waals surface area contributed by atoms with Gasteiger partial charge in [-0.3, -0.25) is 9.69 Å². The Hall–Kier alpha value is -2.08. The lowest BCUT2D eigenvalue weighted by Crippen LogP contribution is -2.27. The maximum atomic E-state index is 12.4. The number of carbonyl (C=O) groups is 1. The van der Waals surface area contributed by atoms with Gasteiger partial charge in [-0.05, 0) is 29.8 Å². The highest BCUT2D eigenvalue weighted by atomic mass is 35.5. The number of carbonyl (C=O) groups excluding carboxylic acids is 1. The van der Waals surface area contributed by atoms with Crippen molar-refractivity contribution < 1.29 is 9.53 Å². The van der Waals surface area contributed by atoms with Crippen molar-refractivity contribution >= 4 is 51.9 Å². The molecule has 1 amide bonds. The van der Waals surface area contributed by atoms with E-state index in [-0.39, 0.29) is 5.91 Å². The van der Waals surface area contributed by atoms with Crippen LogP contribution in [-0.2, 0) is 11.4 Å². The van der Waals surface area contributed by atoms with E-state index < -0.39 is 0 Å². The fourth-order valence-corrected chi connectivity index (χ4v) is 3.87. The van der Waals surface area contributed by atoms with Crippen molar-refractivity contribution in [2.24, 2.45) is 0 Å². The summed E-state index contributed by atoms with van der Waals surface area (Å²) >= 11 is 12.7. The summed E-state index contributed by atoms with van der Waals surface area (Å²) < 4.78 is 6.38. The molecule has 0 spiro atoms. The monoisotopic (exact) mass is 401 g/mol. The van der Waals surface area contributed by atoms with E-state index in [0.717, 1.165) is 11.1 Å². The van der Waals surface area contributed by atoms with E-state index in [1.807, 2.05) is 54.6 Å². The number of rotatable bonds is 6. The third-order valence-corrected chi connectivity index (χ3v) is 5.44. The smallest absolute Gasteiger partial charge is 0.266 e. The highest BCUT2D eigenvalue weighted by Gasteiger charge is 2.30. The molecule has 0 N–H and O–H groups in total. The van der Waals surface area contributed by atoms with Gasteiger partial charge in [-0.15, -0.1) is 6.58 Å². The van der Waals surface area contributed by atoms with Gasteiger partial charge in [0.2, 0.25) is 0 Å². The predicted octanol–water partition coefficient (Wildman–Crippen LogP) is 5.31. The quantitative estimate of drug-likeness (QED) is 0.373. The van der Waals surface area contributed by atoms with Crippen LogP contribution in [0.5, 0.6) is 5.75 Å². The second-order valence-electron chi connectivity index (χ2n) is 5.53. The average molecular weight is 402 g/mol. The number of halogens is 1. The third kappa shape index (κ3) is 4.36. The Bertz CT molecular complexity index is 895. The van der Waals surface area contributed by atoms with Crippen LogP contribution < -0.4 is 4.74 Å². The first kappa shape index (κ1) is 18.7. The number of thioether (sulfide) groups is 1. The fraction of sp³-hybridized carbons (Fsp3) is 0.100. The molecule has 0 bridgehead atoms. The summed E-state index contributed by atoms with van der Waals surface area (Å²) in [5.74, 6) is 0.613. The van der Waals surface area contributed by atoms with Crippen LogP contribution in [0.15, 0.2) is 66.1 Å². The molecule has 1 heterocycles. The van der Waals surface area contributed by atoms with Crippen molar-refractivity contribution in [1.29, 1.82) is 0 Å². The van der Waals surface area contributed by atoms with Crippen molar-refractivity contribution in [3.8, 4) is 5.75 Å². The molecular weight excluding hydrogens is 386 g/mol. The van der Waals surface area contributed by atoms with Gasteiger partial charge in [0, 0.05) is 17.1 Å². The van der Waals surface area contributed by atoms with Crippen LogP contribution in [0.1, 0.15) is 11.1 Å². The molecule has 132 valence electrons. The number of nitrogens with zero attached hydrogens (tertiary/aromatic N) is 1. The second kappa shape index (κ2) is 8.54. The normalized spacial score (nSPS) is 15.6. The zero-order valence-corrected chi connectivity index (χ0v) is 16.2. The molecule has 3 rings (SSSR count). The number of hydrogen-bond acceptors (Lipinski definition) is 4. The molecule has 0 atom stereocenters.